The van der Waals surface area contributed by atoms with Gasteiger partial charge in [-0.1, -0.05) is 29.8 Å². The number of nitrogens with zero attached hydrogens (tertiary/aromatic N) is 2. The Morgan fingerprint density at radius 2 is 1.72 bits per heavy atom. The van der Waals surface area contributed by atoms with E-state index in [1.807, 2.05) is 42.5 Å². The lowest BCUT2D eigenvalue weighted by atomic mass is 10.1. The normalized spacial score (nSPS) is 11.1. The largest absolute Gasteiger partial charge is 0.497 e. The maximum absolute atomic E-state index is 12.2. The molecule has 186 valence electrons. The number of nitrogens with two attached hydrogens (primary N) is 1. The summed E-state index contributed by atoms with van der Waals surface area (Å²) in [5.74, 6) is 1.48. The number of para-hydroxylation sites is 2. The van der Waals surface area contributed by atoms with E-state index in [4.69, 9.17) is 26.9 Å². The number of benzene rings is 3. The number of hydrogen-bond donors (Lipinski definition) is 4. The van der Waals surface area contributed by atoms with Gasteiger partial charge in [-0.2, -0.15) is 0 Å². The van der Waals surface area contributed by atoms with Crippen molar-refractivity contribution >= 4 is 57.8 Å². The summed E-state index contributed by atoms with van der Waals surface area (Å²) in [6, 6.07) is 19.9. The quantitative estimate of drug-likeness (QED) is 0.166. The van der Waals surface area contributed by atoms with Crippen LogP contribution in [0.3, 0.4) is 0 Å². The fraction of sp³-hybridized carbons (Fsp3) is 0.160. The second-order valence-electron chi connectivity index (χ2n) is 8.32. The molecule has 4 rings (SSSR count). The maximum atomic E-state index is 12.2. The van der Waals surface area contributed by atoms with Crippen LogP contribution in [0.15, 0.2) is 71.6 Å². The molecule has 1 amide bonds. The van der Waals surface area contributed by atoms with E-state index in [0.29, 0.717) is 44.9 Å². The highest BCUT2D eigenvalue weighted by molar-refractivity contribution is 8.00. The molecule has 0 saturated heterocycles. The van der Waals surface area contributed by atoms with Gasteiger partial charge in [-0.25, -0.2) is 15.4 Å². The van der Waals surface area contributed by atoms with Gasteiger partial charge >= 0.3 is 0 Å². The second kappa shape index (κ2) is 10.9. The van der Waals surface area contributed by atoms with Crippen molar-refractivity contribution in [2.24, 2.45) is 5.73 Å². The fourth-order valence-corrected chi connectivity index (χ4v) is 3.82. The first-order valence-corrected chi connectivity index (χ1v) is 12.1. The van der Waals surface area contributed by atoms with Gasteiger partial charge in [0, 0.05) is 16.6 Å². The number of rotatable bonds is 9. The van der Waals surface area contributed by atoms with Gasteiger partial charge in [0.1, 0.15) is 5.75 Å². The van der Waals surface area contributed by atoms with Crippen molar-refractivity contribution in [2.75, 3.05) is 22.6 Å². The number of hydrogen-bond acceptors (Lipinski definition) is 9. The third kappa shape index (κ3) is 6.28. The summed E-state index contributed by atoms with van der Waals surface area (Å²) in [4.78, 5) is 28.1. The number of halogens is 1. The van der Waals surface area contributed by atoms with E-state index in [1.54, 1.807) is 45.2 Å². The standard InChI is InChI=1S/C25H25ClN6O3S/c1-25(2,27)24(33)28-15-7-6-8-17(13-15)36-32-23-22(29-19-9-4-5-10-20(19)30-23)31-35-21-14-16(34-3)11-12-18(21)26/h4-14H,27H2,1-3H3,(H,28,33)(H,29,31)(H,30,32). The molecule has 3 aromatic carbocycles. The first kappa shape index (κ1) is 25.4. The maximum Gasteiger partial charge on any atom is 0.243 e. The summed E-state index contributed by atoms with van der Waals surface area (Å²) in [6.45, 7) is 3.30. The monoisotopic (exact) mass is 524 g/mol. The molecular formula is C25H25ClN6O3S. The molecule has 0 spiro atoms. The van der Waals surface area contributed by atoms with E-state index in [9.17, 15) is 4.79 Å². The van der Waals surface area contributed by atoms with Gasteiger partial charge in [0.05, 0.1) is 28.7 Å². The van der Waals surface area contributed by atoms with Crippen LogP contribution in [0.4, 0.5) is 17.3 Å². The van der Waals surface area contributed by atoms with Crippen molar-refractivity contribution in [2.45, 2.75) is 24.3 Å². The van der Waals surface area contributed by atoms with Crippen LogP contribution in [0.5, 0.6) is 11.5 Å². The third-order valence-electron chi connectivity index (χ3n) is 4.91. The van der Waals surface area contributed by atoms with Crippen LogP contribution < -0.4 is 30.8 Å². The van der Waals surface area contributed by atoms with Crippen molar-refractivity contribution in [1.82, 2.24) is 9.97 Å². The van der Waals surface area contributed by atoms with E-state index in [1.165, 1.54) is 11.9 Å². The minimum Gasteiger partial charge on any atom is -0.497 e. The lowest BCUT2D eigenvalue weighted by molar-refractivity contribution is -0.120. The van der Waals surface area contributed by atoms with E-state index in [0.717, 1.165) is 4.90 Å². The van der Waals surface area contributed by atoms with Crippen molar-refractivity contribution in [3.63, 3.8) is 0 Å². The minimum absolute atomic E-state index is 0.280. The SMILES string of the molecule is COc1ccc(Cl)c(ONc2nc3ccccc3nc2NSc2cccc(NC(=O)C(C)(C)N)c2)c1. The molecule has 0 bridgehead atoms. The Balaban J connectivity index is 1.55. The lowest BCUT2D eigenvalue weighted by Gasteiger charge is -2.18. The molecule has 4 aromatic rings. The molecule has 0 saturated carbocycles. The van der Waals surface area contributed by atoms with Crippen LogP contribution in [-0.4, -0.2) is 28.5 Å². The van der Waals surface area contributed by atoms with E-state index in [-0.39, 0.29) is 5.91 Å². The number of fused-ring (bicyclic) bond motifs is 1. The van der Waals surface area contributed by atoms with Crippen LogP contribution in [0.25, 0.3) is 11.0 Å². The predicted octanol–water partition coefficient (Wildman–Crippen LogP) is 5.49. The Kier molecular flexibility index (Phi) is 7.68. The summed E-state index contributed by atoms with van der Waals surface area (Å²) in [6.07, 6.45) is 0. The molecule has 9 nitrogen and oxygen atoms in total. The van der Waals surface area contributed by atoms with Crippen LogP contribution in [0.1, 0.15) is 13.8 Å². The van der Waals surface area contributed by atoms with Crippen molar-refractivity contribution in [3.8, 4) is 11.5 Å². The third-order valence-corrected chi connectivity index (χ3v) is 6.01. The number of ether oxygens (including phenoxy) is 1. The van der Waals surface area contributed by atoms with Crippen molar-refractivity contribution in [3.05, 3.63) is 71.8 Å². The summed E-state index contributed by atoms with van der Waals surface area (Å²) in [5, 5.41) is 3.22. The lowest BCUT2D eigenvalue weighted by Crippen LogP contribution is -2.45. The molecule has 11 heteroatoms. The average Bonchev–Trinajstić information content (AvgIpc) is 2.86. The van der Waals surface area contributed by atoms with Crippen molar-refractivity contribution < 1.29 is 14.4 Å². The molecule has 0 radical (unpaired) electrons. The highest BCUT2D eigenvalue weighted by Gasteiger charge is 2.21. The highest BCUT2D eigenvalue weighted by Crippen LogP contribution is 2.31. The first-order chi connectivity index (χ1) is 17.2. The summed E-state index contributed by atoms with van der Waals surface area (Å²) < 4.78 is 8.45. The number of amides is 1. The van der Waals surface area contributed by atoms with Crippen LogP contribution in [0, 0.1) is 0 Å². The molecule has 0 aliphatic carbocycles. The van der Waals surface area contributed by atoms with Crippen LogP contribution >= 0.6 is 23.5 Å². The first-order valence-electron chi connectivity index (χ1n) is 10.9. The van der Waals surface area contributed by atoms with Gasteiger partial charge in [0.25, 0.3) is 0 Å². The molecule has 0 fully saturated rings. The number of methoxy groups -OCH3 is 1. The van der Waals surface area contributed by atoms with Gasteiger partial charge in [-0.05, 0) is 68.3 Å². The Bertz CT molecular complexity index is 1400. The van der Waals surface area contributed by atoms with E-state index in [2.05, 4.69) is 25.5 Å². The van der Waals surface area contributed by atoms with Crippen LogP contribution in [0.2, 0.25) is 5.02 Å². The van der Waals surface area contributed by atoms with E-state index < -0.39 is 5.54 Å². The minimum atomic E-state index is -0.992. The molecule has 1 aromatic heterocycles. The number of aromatic nitrogens is 2. The fourth-order valence-electron chi connectivity index (χ4n) is 2.97. The Morgan fingerprint density at radius 3 is 2.42 bits per heavy atom. The van der Waals surface area contributed by atoms with Gasteiger partial charge in [-0.15, -0.1) is 0 Å². The molecule has 1 heterocycles. The smallest absolute Gasteiger partial charge is 0.243 e. The zero-order valence-corrected chi connectivity index (χ0v) is 21.4. The zero-order valence-electron chi connectivity index (χ0n) is 19.8. The number of carbonyl (C=O) groups is 1. The van der Waals surface area contributed by atoms with Gasteiger partial charge in [-0.3, -0.25) is 4.79 Å². The molecule has 0 aliphatic rings. The van der Waals surface area contributed by atoms with Crippen LogP contribution in [-0.2, 0) is 4.79 Å². The number of carbonyl (C=O) groups excluding carboxylic acids is 1. The molecule has 0 aliphatic heterocycles. The number of anilines is 3. The summed E-state index contributed by atoms with van der Waals surface area (Å²) in [5.41, 5.74) is 9.75. The average molecular weight is 525 g/mol. The molecule has 36 heavy (non-hydrogen) atoms. The highest BCUT2D eigenvalue weighted by atomic mass is 35.5. The molecule has 5 N–H and O–H groups in total. The molecule has 0 unspecified atom stereocenters. The molecule has 0 atom stereocenters. The number of nitrogens with one attached hydrogen (secondary N) is 3. The topological polar surface area (TPSA) is 123 Å². The second-order valence-corrected chi connectivity index (χ2v) is 9.60. The van der Waals surface area contributed by atoms with E-state index >= 15 is 0 Å². The summed E-state index contributed by atoms with van der Waals surface area (Å²) in [7, 11) is 1.56. The van der Waals surface area contributed by atoms with Gasteiger partial charge in [0.15, 0.2) is 11.6 Å². The Labute approximate surface area is 217 Å². The molecular weight excluding hydrogens is 500 g/mol. The summed E-state index contributed by atoms with van der Waals surface area (Å²) >= 11 is 7.56. The Hall–Kier alpha value is -3.73. The van der Waals surface area contributed by atoms with Gasteiger partial charge in [0.2, 0.25) is 11.7 Å². The Morgan fingerprint density at radius 1 is 1.00 bits per heavy atom. The zero-order chi connectivity index (χ0) is 25.7. The van der Waals surface area contributed by atoms with Gasteiger partial charge < -0.3 is 25.3 Å². The predicted molar refractivity (Wildman–Crippen MR) is 145 cm³/mol. The van der Waals surface area contributed by atoms with Crippen molar-refractivity contribution in [1.29, 1.82) is 0 Å².